The predicted octanol–water partition coefficient (Wildman–Crippen LogP) is 0.270. The minimum Gasteiger partial charge on any atom is -0.481 e. The van der Waals surface area contributed by atoms with E-state index < -0.39 is 17.9 Å². The summed E-state index contributed by atoms with van der Waals surface area (Å²) in [5.41, 5.74) is 0. The fraction of sp³-hybridized carbons (Fsp3) is 0.500. The van der Waals surface area contributed by atoms with Gasteiger partial charge in [-0.05, 0) is 0 Å². The van der Waals surface area contributed by atoms with Gasteiger partial charge < -0.3 is 15.3 Å². The maximum atomic E-state index is 9.00. The fourth-order valence-corrected chi connectivity index (χ4v) is 0. The van der Waals surface area contributed by atoms with Gasteiger partial charge in [0.15, 0.2) is 0 Å². The van der Waals surface area contributed by atoms with E-state index in [2.05, 4.69) is 0 Å². The maximum absolute atomic E-state index is 9.00. The molecular weight excluding hydrogens is 365 g/mol. The van der Waals surface area contributed by atoms with Crippen molar-refractivity contribution in [3.05, 3.63) is 0 Å². The van der Waals surface area contributed by atoms with E-state index in [0.29, 0.717) is 0 Å². The Balaban J connectivity index is -0.0000000450. The Hall–Kier alpha value is -0.850. The minimum atomic E-state index is -0.833. The van der Waals surface area contributed by atoms with Gasteiger partial charge in [-0.3, -0.25) is 14.4 Å². The molecule has 0 aromatic rings. The summed E-state index contributed by atoms with van der Waals surface area (Å²) in [4.78, 5) is 27.0. The van der Waals surface area contributed by atoms with E-state index in [9.17, 15) is 0 Å². The van der Waals surface area contributed by atoms with Gasteiger partial charge in [0, 0.05) is 43.2 Å². The van der Waals surface area contributed by atoms with E-state index in [4.69, 9.17) is 29.7 Å². The van der Waals surface area contributed by atoms with Crippen molar-refractivity contribution in [2.75, 3.05) is 0 Å². The van der Waals surface area contributed by atoms with Crippen molar-refractivity contribution in [2.45, 2.75) is 20.8 Å². The Morgan fingerprint density at radius 3 is 0.692 bits per heavy atom. The topological polar surface area (TPSA) is 112 Å². The summed E-state index contributed by atoms with van der Waals surface area (Å²) in [6, 6.07) is 0. The molecule has 0 saturated carbocycles. The molecule has 0 aliphatic carbocycles. The third-order valence-corrected chi connectivity index (χ3v) is 0. The maximum Gasteiger partial charge on any atom is 0.300 e. The van der Waals surface area contributed by atoms with Crippen LogP contribution in [0, 0.1) is 0 Å². The molecule has 1 radical (unpaired) electrons. The molecule has 83 valence electrons. The van der Waals surface area contributed by atoms with Crippen LogP contribution in [0.3, 0.4) is 0 Å². The average Bonchev–Trinajstić information content (AvgIpc) is 1.54. The number of carboxylic acid groups (broad SMARTS) is 3. The van der Waals surface area contributed by atoms with E-state index in [-0.39, 0.29) is 22.4 Å². The first-order valence-corrected chi connectivity index (χ1v) is 2.78. The SMILES string of the molecule is CC(=O)O.CC(=O)O.CC(=O)O.[Au]. The molecule has 13 heavy (non-hydrogen) atoms. The van der Waals surface area contributed by atoms with Crippen LogP contribution in [0.4, 0.5) is 0 Å². The Morgan fingerprint density at radius 1 is 0.692 bits per heavy atom. The van der Waals surface area contributed by atoms with Gasteiger partial charge in [-0.15, -0.1) is 0 Å². The van der Waals surface area contributed by atoms with Crippen molar-refractivity contribution in [1.82, 2.24) is 0 Å². The van der Waals surface area contributed by atoms with Crippen LogP contribution in [0.15, 0.2) is 0 Å². The first kappa shape index (κ1) is 22.7. The monoisotopic (exact) mass is 377 g/mol. The molecule has 0 aliphatic rings. The molecule has 0 rings (SSSR count). The quantitative estimate of drug-likeness (QED) is 0.523. The van der Waals surface area contributed by atoms with Gasteiger partial charge in [-0.25, -0.2) is 0 Å². The van der Waals surface area contributed by atoms with Crippen molar-refractivity contribution >= 4 is 17.9 Å². The number of carboxylic acids is 3. The molecule has 0 bridgehead atoms. The van der Waals surface area contributed by atoms with E-state index >= 15 is 0 Å². The summed E-state index contributed by atoms with van der Waals surface area (Å²) >= 11 is 0. The van der Waals surface area contributed by atoms with Gasteiger partial charge in [0.2, 0.25) is 0 Å². The Kier molecular flexibility index (Phi) is 30.3. The first-order chi connectivity index (χ1) is 5.20. The molecule has 0 atom stereocenters. The Bertz CT molecular complexity index is 115. The van der Waals surface area contributed by atoms with Gasteiger partial charge in [-0.2, -0.15) is 0 Å². The molecule has 0 unspecified atom stereocenters. The smallest absolute Gasteiger partial charge is 0.300 e. The van der Waals surface area contributed by atoms with E-state index in [1.165, 1.54) is 0 Å². The summed E-state index contributed by atoms with van der Waals surface area (Å²) in [6.07, 6.45) is 0. The van der Waals surface area contributed by atoms with E-state index in [1.54, 1.807) is 0 Å². The van der Waals surface area contributed by atoms with Crippen LogP contribution in [-0.2, 0) is 36.8 Å². The van der Waals surface area contributed by atoms with Crippen molar-refractivity contribution in [2.24, 2.45) is 0 Å². The van der Waals surface area contributed by atoms with Crippen molar-refractivity contribution in [3.8, 4) is 0 Å². The minimum absolute atomic E-state index is 0. The molecule has 0 spiro atoms. The van der Waals surface area contributed by atoms with Crippen LogP contribution in [0.25, 0.3) is 0 Å². The molecule has 0 saturated heterocycles. The average molecular weight is 377 g/mol. The van der Waals surface area contributed by atoms with Crippen molar-refractivity contribution < 1.29 is 52.1 Å². The summed E-state index contributed by atoms with van der Waals surface area (Å²) in [6.45, 7) is 3.25. The Labute approximate surface area is 91.1 Å². The number of hydrogen-bond acceptors (Lipinski definition) is 3. The third-order valence-electron chi connectivity index (χ3n) is 0. The number of carbonyl (C=O) groups is 3. The molecule has 0 fully saturated rings. The largest absolute Gasteiger partial charge is 0.481 e. The van der Waals surface area contributed by atoms with Crippen LogP contribution in [0.2, 0.25) is 0 Å². The zero-order valence-corrected chi connectivity index (χ0v) is 9.53. The molecule has 6 nitrogen and oxygen atoms in total. The van der Waals surface area contributed by atoms with Gasteiger partial charge in [-0.1, -0.05) is 0 Å². The molecule has 3 N–H and O–H groups in total. The molecule has 0 amide bonds. The molecule has 0 heterocycles. The zero-order valence-electron chi connectivity index (χ0n) is 7.37. The van der Waals surface area contributed by atoms with Gasteiger partial charge in [0.1, 0.15) is 0 Å². The van der Waals surface area contributed by atoms with Crippen molar-refractivity contribution in [1.29, 1.82) is 0 Å². The molecule has 0 aromatic heterocycles. The van der Waals surface area contributed by atoms with Crippen molar-refractivity contribution in [3.63, 3.8) is 0 Å². The summed E-state index contributed by atoms with van der Waals surface area (Å²) in [5, 5.41) is 22.2. The summed E-state index contributed by atoms with van der Waals surface area (Å²) < 4.78 is 0. The predicted molar refractivity (Wildman–Crippen MR) is 39.9 cm³/mol. The van der Waals surface area contributed by atoms with Gasteiger partial charge >= 0.3 is 0 Å². The van der Waals surface area contributed by atoms with Crippen LogP contribution >= 0.6 is 0 Å². The fourth-order valence-electron chi connectivity index (χ4n) is 0. The van der Waals surface area contributed by atoms with Gasteiger partial charge in [0.05, 0.1) is 0 Å². The second-order valence-corrected chi connectivity index (χ2v) is 1.56. The number of hydrogen-bond donors (Lipinski definition) is 3. The molecule has 0 aromatic carbocycles. The second-order valence-electron chi connectivity index (χ2n) is 1.56. The standard InChI is InChI=1S/3C2H4O2.Au/c3*1-2(3)4;/h3*1H3,(H,3,4);. The first-order valence-electron chi connectivity index (χ1n) is 2.78. The van der Waals surface area contributed by atoms with E-state index in [1.807, 2.05) is 0 Å². The van der Waals surface area contributed by atoms with Crippen LogP contribution in [0.5, 0.6) is 0 Å². The molecule has 0 aliphatic heterocycles. The Morgan fingerprint density at radius 2 is 0.692 bits per heavy atom. The normalized spacial score (nSPS) is 5.77. The molecule has 7 heteroatoms. The zero-order chi connectivity index (χ0) is 10.7. The number of rotatable bonds is 0. The van der Waals surface area contributed by atoms with Gasteiger partial charge in [0.25, 0.3) is 17.9 Å². The van der Waals surface area contributed by atoms with Crippen LogP contribution < -0.4 is 0 Å². The number of aliphatic carboxylic acids is 3. The van der Waals surface area contributed by atoms with E-state index in [0.717, 1.165) is 20.8 Å². The second kappa shape index (κ2) is 17.3. The summed E-state index contributed by atoms with van der Waals surface area (Å²) in [7, 11) is 0. The van der Waals surface area contributed by atoms with Crippen LogP contribution in [-0.4, -0.2) is 33.2 Å². The molecular formula is C6H12AuO6. The summed E-state index contributed by atoms with van der Waals surface area (Å²) in [5.74, 6) is -2.50. The van der Waals surface area contributed by atoms with Crippen LogP contribution in [0.1, 0.15) is 20.8 Å². The third kappa shape index (κ3) is 1290.